The Morgan fingerprint density at radius 1 is 1.22 bits per heavy atom. The van der Waals surface area contributed by atoms with Crippen molar-refractivity contribution in [3.8, 4) is 0 Å². The van der Waals surface area contributed by atoms with Crippen LogP contribution in [0.15, 0.2) is 6.20 Å². The monoisotopic (exact) mass is 263 g/mol. The molecule has 4 aliphatic carbocycles. The van der Waals surface area contributed by atoms with Crippen molar-refractivity contribution < 1.29 is 0 Å². The zero-order chi connectivity index (χ0) is 12.2. The Balaban J connectivity index is 1.56. The van der Waals surface area contributed by atoms with E-state index in [1.807, 2.05) is 6.20 Å². The van der Waals surface area contributed by atoms with Gasteiger partial charge < -0.3 is 11.1 Å². The summed E-state index contributed by atoms with van der Waals surface area (Å²) in [6, 6.07) is 0. The van der Waals surface area contributed by atoms with Gasteiger partial charge in [-0.15, -0.1) is 11.3 Å². The van der Waals surface area contributed by atoms with Crippen molar-refractivity contribution in [1.82, 2.24) is 4.98 Å². The summed E-state index contributed by atoms with van der Waals surface area (Å²) in [6.45, 7) is 0.611. The molecule has 0 unspecified atom stereocenters. The number of hydrogen-bond donors (Lipinski definition) is 2. The van der Waals surface area contributed by atoms with Gasteiger partial charge in [-0.2, -0.15) is 0 Å². The molecule has 5 rings (SSSR count). The fourth-order valence-electron chi connectivity index (χ4n) is 4.95. The standard InChI is InChI=1S/C14H21N3S/c15-7-12-8-16-13(18-12)17-14-4-9-1-10(5-14)3-11(2-9)6-14/h8-11H,1-7,15H2,(H,16,17). The van der Waals surface area contributed by atoms with E-state index in [-0.39, 0.29) is 0 Å². The highest BCUT2D eigenvalue weighted by molar-refractivity contribution is 7.15. The molecule has 1 aromatic rings. The predicted molar refractivity (Wildman–Crippen MR) is 74.5 cm³/mol. The molecule has 1 aromatic heterocycles. The van der Waals surface area contributed by atoms with Crippen molar-refractivity contribution in [3.05, 3.63) is 11.1 Å². The summed E-state index contributed by atoms with van der Waals surface area (Å²) in [5.41, 5.74) is 6.04. The Kier molecular flexibility index (Phi) is 2.46. The molecule has 4 saturated carbocycles. The number of nitrogens with one attached hydrogen (secondary N) is 1. The van der Waals surface area contributed by atoms with Crippen LogP contribution in [0.4, 0.5) is 5.13 Å². The average Bonchev–Trinajstić information content (AvgIpc) is 2.74. The van der Waals surface area contributed by atoms with Crippen molar-refractivity contribution >= 4 is 16.5 Å². The molecule has 0 aliphatic heterocycles. The van der Waals surface area contributed by atoms with Crippen molar-refractivity contribution in [2.24, 2.45) is 23.5 Å². The molecule has 1 heterocycles. The minimum absolute atomic E-state index is 0.373. The van der Waals surface area contributed by atoms with Crippen LogP contribution in [-0.4, -0.2) is 10.5 Å². The van der Waals surface area contributed by atoms with Gasteiger partial charge >= 0.3 is 0 Å². The highest BCUT2D eigenvalue weighted by Crippen LogP contribution is 2.56. The zero-order valence-corrected chi connectivity index (χ0v) is 11.5. The van der Waals surface area contributed by atoms with Gasteiger partial charge in [-0.05, 0) is 56.3 Å². The molecule has 4 fully saturated rings. The zero-order valence-electron chi connectivity index (χ0n) is 10.7. The largest absolute Gasteiger partial charge is 0.356 e. The fraction of sp³-hybridized carbons (Fsp3) is 0.786. The smallest absolute Gasteiger partial charge is 0.183 e. The first-order valence-corrected chi connectivity index (χ1v) is 7.99. The normalized spacial score (nSPS) is 41.3. The maximum atomic E-state index is 5.67. The summed E-state index contributed by atoms with van der Waals surface area (Å²) in [7, 11) is 0. The molecule has 98 valence electrons. The molecule has 0 saturated heterocycles. The predicted octanol–water partition coefficient (Wildman–Crippen LogP) is 2.98. The van der Waals surface area contributed by atoms with Crippen LogP contribution < -0.4 is 11.1 Å². The summed E-state index contributed by atoms with van der Waals surface area (Å²) in [5.74, 6) is 2.95. The first kappa shape index (κ1) is 11.2. The molecule has 0 amide bonds. The van der Waals surface area contributed by atoms with Crippen LogP contribution in [0.1, 0.15) is 43.4 Å². The fourth-order valence-corrected chi connectivity index (χ4v) is 5.76. The number of thiazole rings is 1. The lowest BCUT2D eigenvalue weighted by atomic mass is 9.53. The van der Waals surface area contributed by atoms with Crippen LogP contribution in [0.3, 0.4) is 0 Å². The van der Waals surface area contributed by atoms with Gasteiger partial charge in [0.15, 0.2) is 5.13 Å². The molecule has 0 aromatic carbocycles. The van der Waals surface area contributed by atoms with Crippen LogP contribution in [0.5, 0.6) is 0 Å². The molecule has 4 bridgehead atoms. The average molecular weight is 263 g/mol. The third kappa shape index (κ3) is 1.77. The first-order chi connectivity index (χ1) is 8.75. The second-order valence-corrected chi connectivity index (χ2v) is 7.77. The molecular weight excluding hydrogens is 242 g/mol. The highest BCUT2D eigenvalue weighted by atomic mass is 32.1. The number of nitrogens with two attached hydrogens (primary N) is 1. The van der Waals surface area contributed by atoms with Crippen LogP contribution in [0.25, 0.3) is 0 Å². The van der Waals surface area contributed by atoms with Crippen molar-refractivity contribution in [2.45, 2.75) is 50.6 Å². The highest BCUT2D eigenvalue weighted by Gasteiger charge is 2.51. The van der Waals surface area contributed by atoms with E-state index < -0.39 is 0 Å². The number of hydrogen-bond acceptors (Lipinski definition) is 4. The van der Waals surface area contributed by atoms with E-state index >= 15 is 0 Å². The summed E-state index contributed by atoms with van der Waals surface area (Å²) < 4.78 is 0. The van der Waals surface area contributed by atoms with Gasteiger partial charge in [0.05, 0.1) is 0 Å². The Morgan fingerprint density at radius 2 is 1.83 bits per heavy atom. The van der Waals surface area contributed by atoms with Gasteiger partial charge in [-0.1, -0.05) is 0 Å². The first-order valence-electron chi connectivity index (χ1n) is 7.18. The Hall–Kier alpha value is -0.610. The van der Waals surface area contributed by atoms with Gasteiger partial charge in [0, 0.05) is 23.2 Å². The van der Waals surface area contributed by atoms with E-state index in [0.29, 0.717) is 12.1 Å². The number of nitrogens with zero attached hydrogens (tertiary/aromatic N) is 1. The Morgan fingerprint density at radius 3 is 2.33 bits per heavy atom. The lowest BCUT2D eigenvalue weighted by Crippen LogP contribution is -2.54. The SMILES string of the molecule is NCc1cnc(NC23CC4CC(CC(C4)C2)C3)s1. The van der Waals surface area contributed by atoms with Crippen molar-refractivity contribution in [1.29, 1.82) is 0 Å². The molecule has 0 atom stereocenters. The lowest BCUT2D eigenvalue weighted by Gasteiger charge is -2.56. The maximum absolute atomic E-state index is 5.67. The van der Waals surface area contributed by atoms with Crippen LogP contribution in [-0.2, 0) is 6.54 Å². The van der Waals surface area contributed by atoms with E-state index in [1.54, 1.807) is 11.3 Å². The Labute approximate surface area is 112 Å². The van der Waals surface area contributed by atoms with Crippen LogP contribution >= 0.6 is 11.3 Å². The summed E-state index contributed by atoms with van der Waals surface area (Å²) >= 11 is 1.73. The minimum atomic E-state index is 0.373. The molecule has 3 nitrogen and oxygen atoms in total. The van der Waals surface area contributed by atoms with Gasteiger partial charge in [0.1, 0.15) is 0 Å². The number of anilines is 1. The Bertz CT molecular complexity index is 418. The lowest BCUT2D eigenvalue weighted by molar-refractivity contribution is 0.0107. The second-order valence-electron chi connectivity index (χ2n) is 6.66. The number of aromatic nitrogens is 1. The van der Waals surface area contributed by atoms with E-state index in [1.165, 1.54) is 43.4 Å². The van der Waals surface area contributed by atoms with Crippen LogP contribution in [0.2, 0.25) is 0 Å². The van der Waals surface area contributed by atoms with E-state index in [4.69, 9.17) is 5.73 Å². The number of rotatable bonds is 3. The van der Waals surface area contributed by atoms with Crippen molar-refractivity contribution in [2.75, 3.05) is 5.32 Å². The summed E-state index contributed by atoms with van der Waals surface area (Å²) in [6.07, 6.45) is 10.5. The summed E-state index contributed by atoms with van der Waals surface area (Å²) in [5, 5.41) is 4.89. The summed E-state index contributed by atoms with van der Waals surface area (Å²) in [4.78, 5) is 5.67. The van der Waals surface area contributed by atoms with E-state index in [2.05, 4.69) is 10.3 Å². The third-order valence-corrected chi connectivity index (χ3v) is 6.10. The van der Waals surface area contributed by atoms with Gasteiger partial charge in [-0.25, -0.2) is 4.98 Å². The van der Waals surface area contributed by atoms with Gasteiger partial charge in [0.2, 0.25) is 0 Å². The third-order valence-electron chi connectivity index (χ3n) is 5.17. The van der Waals surface area contributed by atoms with Crippen LogP contribution in [0, 0.1) is 17.8 Å². The molecular formula is C14H21N3S. The molecule has 4 heteroatoms. The topological polar surface area (TPSA) is 50.9 Å². The quantitative estimate of drug-likeness (QED) is 0.881. The molecule has 0 radical (unpaired) electrons. The maximum Gasteiger partial charge on any atom is 0.183 e. The van der Waals surface area contributed by atoms with Gasteiger partial charge in [0.25, 0.3) is 0 Å². The van der Waals surface area contributed by atoms with Crippen molar-refractivity contribution in [3.63, 3.8) is 0 Å². The molecule has 18 heavy (non-hydrogen) atoms. The van der Waals surface area contributed by atoms with E-state index in [0.717, 1.165) is 22.9 Å². The molecule has 4 aliphatic rings. The molecule has 3 N–H and O–H groups in total. The molecule has 0 spiro atoms. The second kappa shape index (κ2) is 3.94. The van der Waals surface area contributed by atoms with E-state index in [9.17, 15) is 0 Å². The minimum Gasteiger partial charge on any atom is -0.356 e. The van der Waals surface area contributed by atoms with Gasteiger partial charge in [-0.3, -0.25) is 0 Å².